The van der Waals surface area contributed by atoms with Gasteiger partial charge in [-0.3, -0.25) is 9.69 Å². The second-order valence-electron chi connectivity index (χ2n) is 5.12. The van der Waals surface area contributed by atoms with E-state index in [4.69, 9.17) is 4.42 Å². The highest BCUT2D eigenvalue weighted by Gasteiger charge is 2.14. The van der Waals surface area contributed by atoms with Gasteiger partial charge in [0.05, 0.1) is 19.4 Å². The first-order valence-corrected chi connectivity index (χ1v) is 6.95. The predicted molar refractivity (Wildman–Crippen MR) is 79.9 cm³/mol. The third-order valence-corrected chi connectivity index (χ3v) is 3.47. The molecule has 0 amide bonds. The van der Waals surface area contributed by atoms with Crippen LogP contribution >= 0.6 is 0 Å². The summed E-state index contributed by atoms with van der Waals surface area (Å²) in [4.78, 5) is 14.5. The van der Waals surface area contributed by atoms with Crippen molar-refractivity contribution in [1.82, 2.24) is 4.90 Å². The lowest BCUT2D eigenvalue weighted by Gasteiger charge is -2.18. The smallest absolute Gasteiger partial charge is 0.177 e. The zero-order valence-electron chi connectivity index (χ0n) is 12.3. The monoisotopic (exact) mass is 271 g/mol. The molecule has 2 rings (SSSR count). The van der Waals surface area contributed by atoms with Crippen LogP contribution in [0.3, 0.4) is 0 Å². The van der Waals surface area contributed by atoms with Gasteiger partial charge in [-0.2, -0.15) is 0 Å². The van der Waals surface area contributed by atoms with Crippen LogP contribution in [0.4, 0.5) is 0 Å². The summed E-state index contributed by atoms with van der Waals surface area (Å²) in [5, 5.41) is 0. The highest BCUT2D eigenvalue weighted by molar-refractivity contribution is 5.99. The van der Waals surface area contributed by atoms with Gasteiger partial charge in [0.1, 0.15) is 5.76 Å². The summed E-state index contributed by atoms with van der Waals surface area (Å²) in [5.74, 6) is 1.06. The number of likely N-dealkylation sites (N-methyl/N-ethyl adjacent to an activating group) is 1. The Kier molecular flexibility index (Phi) is 4.74. The van der Waals surface area contributed by atoms with Crippen LogP contribution in [-0.2, 0) is 6.54 Å². The first kappa shape index (κ1) is 14.5. The van der Waals surface area contributed by atoms with Crippen LogP contribution in [0, 0.1) is 13.8 Å². The van der Waals surface area contributed by atoms with E-state index in [2.05, 4.69) is 11.8 Å². The van der Waals surface area contributed by atoms with Gasteiger partial charge in [-0.05, 0) is 44.2 Å². The molecular formula is C17H21NO2. The number of hydrogen-bond acceptors (Lipinski definition) is 3. The van der Waals surface area contributed by atoms with Crippen molar-refractivity contribution in [3.8, 4) is 0 Å². The molecular weight excluding hydrogens is 250 g/mol. The van der Waals surface area contributed by atoms with Gasteiger partial charge in [0.2, 0.25) is 0 Å². The number of carbonyl (C=O) groups is 1. The Morgan fingerprint density at radius 1 is 1.25 bits per heavy atom. The summed E-state index contributed by atoms with van der Waals surface area (Å²) in [5.41, 5.74) is 2.98. The van der Waals surface area contributed by atoms with E-state index in [1.807, 2.05) is 44.2 Å². The summed E-state index contributed by atoms with van der Waals surface area (Å²) in [6.07, 6.45) is 1.66. The molecule has 106 valence electrons. The van der Waals surface area contributed by atoms with Gasteiger partial charge >= 0.3 is 0 Å². The van der Waals surface area contributed by atoms with Crippen molar-refractivity contribution in [2.45, 2.75) is 27.3 Å². The average molecular weight is 271 g/mol. The highest BCUT2D eigenvalue weighted by Crippen LogP contribution is 2.13. The van der Waals surface area contributed by atoms with E-state index in [1.165, 1.54) is 0 Å². The Labute approximate surface area is 120 Å². The Balaban J connectivity index is 2.07. The summed E-state index contributed by atoms with van der Waals surface area (Å²) < 4.78 is 5.34. The first-order chi connectivity index (χ1) is 9.60. The van der Waals surface area contributed by atoms with Crippen molar-refractivity contribution in [3.05, 3.63) is 59.0 Å². The summed E-state index contributed by atoms with van der Waals surface area (Å²) in [6.45, 7) is 7.95. The van der Waals surface area contributed by atoms with Gasteiger partial charge in [0, 0.05) is 5.56 Å². The van der Waals surface area contributed by atoms with Gasteiger partial charge in [0.15, 0.2) is 5.78 Å². The number of Topliss-reactive ketones (excluding diaryl/α,β-unsaturated/α-hetero) is 1. The van der Waals surface area contributed by atoms with Crippen molar-refractivity contribution in [3.63, 3.8) is 0 Å². The van der Waals surface area contributed by atoms with Gasteiger partial charge < -0.3 is 4.42 Å². The van der Waals surface area contributed by atoms with E-state index in [-0.39, 0.29) is 5.78 Å². The largest absolute Gasteiger partial charge is 0.468 e. The zero-order valence-corrected chi connectivity index (χ0v) is 12.3. The molecule has 0 bridgehead atoms. The molecule has 0 spiro atoms. The molecule has 20 heavy (non-hydrogen) atoms. The molecule has 0 fully saturated rings. The molecule has 0 aliphatic rings. The minimum Gasteiger partial charge on any atom is -0.468 e. The molecule has 0 radical (unpaired) electrons. The number of rotatable bonds is 6. The molecule has 0 atom stereocenters. The fourth-order valence-electron chi connectivity index (χ4n) is 2.23. The maximum Gasteiger partial charge on any atom is 0.177 e. The van der Waals surface area contributed by atoms with Gasteiger partial charge in [-0.1, -0.05) is 24.6 Å². The predicted octanol–water partition coefficient (Wildman–Crippen LogP) is 3.60. The number of nitrogens with zero attached hydrogens (tertiary/aromatic N) is 1. The van der Waals surface area contributed by atoms with Crippen molar-refractivity contribution < 1.29 is 9.21 Å². The second-order valence-corrected chi connectivity index (χ2v) is 5.12. The van der Waals surface area contributed by atoms with Crippen LogP contribution in [0.1, 0.15) is 34.2 Å². The summed E-state index contributed by atoms with van der Waals surface area (Å²) >= 11 is 0. The average Bonchev–Trinajstić information content (AvgIpc) is 2.93. The molecule has 0 aliphatic heterocycles. The second kappa shape index (κ2) is 6.53. The number of aryl methyl sites for hydroxylation is 2. The Hall–Kier alpha value is -1.87. The molecule has 0 saturated carbocycles. The minimum absolute atomic E-state index is 0.166. The number of benzene rings is 1. The lowest BCUT2D eigenvalue weighted by Crippen LogP contribution is -2.29. The van der Waals surface area contributed by atoms with Crippen LogP contribution in [0.25, 0.3) is 0 Å². The molecule has 1 aromatic heterocycles. The normalized spacial score (nSPS) is 11.0. The lowest BCUT2D eigenvalue weighted by molar-refractivity contribution is 0.0924. The molecule has 1 aromatic carbocycles. The van der Waals surface area contributed by atoms with E-state index >= 15 is 0 Å². The zero-order chi connectivity index (χ0) is 14.5. The van der Waals surface area contributed by atoms with Gasteiger partial charge in [-0.15, -0.1) is 0 Å². The van der Waals surface area contributed by atoms with E-state index in [0.29, 0.717) is 13.1 Å². The summed E-state index contributed by atoms with van der Waals surface area (Å²) in [6, 6.07) is 9.82. The maximum absolute atomic E-state index is 12.4. The topological polar surface area (TPSA) is 33.5 Å². The van der Waals surface area contributed by atoms with Crippen LogP contribution in [0.5, 0.6) is 0 Å². The summed E-state index contributed by atoms with van der Waals surface area (Å²) in [7, 11) is 0. The molecule has 0 aliphatic carbocycles. The van der Waals surface area contributed by atoms with Crippen molar-refractivity contribution in [1.29, 1.82) is 0 Å². The van der Waals surface area contributed by atoms with E-state index in [1.54, 1.807) is 6.26 Å². The lowest BCUT2D eigenvalue weighted by atomic mass is 10.0. The number of hydrogen-bond donors (Lipinski definition) is 0. The first-order valence-electron chi connectivity index (χ1n) is 6.95. The van der Waals surface area contributed by atoms with Crippen molar-refractivity contribution >= 4 is 5.78 Å². The Bertz CT molecular complexity index is 573. The van der Waals surface area contributed by atoms with Gasteiger partial charge in [0.25, 0.3) is 0 Å². The molecule has 1 heterocycles. The molecule has 2 aromatic rings. The molecule has 0 N–H and O–H groups in total. The van der Waals surface area contributed by atoms with Crippen LogP contribution in [-0.4, -0.2) is 23.8 Å². The number of ketones is 1. The van der Waals surface area contributed by atoms with Crippen molar-refractivity contribution in [2.24, 2.45) is 0 Å². The molecule has 3 nitrogen and oxygen atoms in total. The highest BCUT2D eigenvalue weighted by atomic mass is 16.3. The SMILES string of the molecule is CCN(CC(=O)c1cc(C)ccc1C)Cc1ccco1. The Morgan fingerprint density at radius 3 is 2.70 bits per heavy atom. The number of carbonyl (C=O) groups excluding carboxylic acids is 1. The molecule has 0 saturated heterocycles. The third kappa shape index (κ3) is 3.58. The van der Waals surface area contributed by atoms with Crippen LogP contribution in [0.15, 0.2) is 41.0 Å². The van der Waals surface area contributed by atoms with Crippen LogP contribution in [0.2, 0.25) is 0 Å². The van der Waals surface area contributed by atoms with E-state index < -0.39 is 0 Å². The third-order valence-electron chi connectivity index (χ3n) is 3.47. The Morgan fingerprint density at radius 2 is 2.05 bits per heavy atom. The maximum atomic E-state index is 12.4. The van der Waals surface area contributed by atoms with E-state index in [9.17, 15) is 4.79 Å². The van der Waals surface area contributed by atoms with E-state index in [0.717, 1.165) is 29.0 Å². The standard InChI is InChI=1S/C17H21NO2/c1-4-18(11-15-6-5-9-20-15)12-17(19)16-10-13(2)7-8-14(16)3/h5-10H,4,11-12H2,1-3H3. The quantitative estimate of drug-likeness (QED) is 0.753. The van der Waals surface area contributed by atoms with Crippen molar-refractivity contribution in [2.75, 3.05) is 13.1 Å². The number of furan rings is 1. The van der Waals surface area contributed by atoms with Crippen LogP contribution < -0.4 is 0 Å². The minimum atomic E-state index is 0.166. The fraction of sp³-hybridized carbons (Fsp3) is 0.353. The van der Waals surface area contributed by atoms with Gasteiger partial charge in [-0.25, -0.2) is 0 Å². The molecule has 0 unspecified atom stereocenters. The fourth-order valence-corrected chi connectivity index (χ4v) is 2.23. The molecule has 3 heteroatoms.